The molecule has 1 aromatic rings. The number of nitrogens with one attached hydrogen (secondary N) is 1. The summed E-state index contributed by atoms with van der Waals surface area (Å²) in [6.45, 7) is 1.55. The van der Waals surface area contributed by atoms with Crippen molar-refractivity contribution in [2.75, 3.05) is 20.1 Å². The summed E-state index contributed by atoms with van der Waals surface area (Å²) in [6, 6.07) is 3.79. The highest BCUT2D eigenvalue weighted by Gasteiger charge is 2.29. The molecule has 19 heavy (non-hydrogen) atoms. The topological polar surface area (TPSA) is 49.4 Å². The summed E-state index contributed by atoms with van der Waals surface area (Å²) in [5, 5.41) is 3.17. The second-order valence-corrected chi connectivity index (χ2v) is 7.45. The van der Waals surface area contributed by atoms with Crippen molar-refractivity contribution in [1.82, 2.24) is 9.62 Å². The van der Waals surface area contributed by atoms with Gasteiger partial charge >= 0.3 is 0 Å². The molecular formula is C12H16BrFN2O2S. The van der Waals surface area contributed by atoms with E-state index in [-0.39, 0.29) is 15.4 Å². The molecule has 7 heteroatoms. The molecule has 2 rings (SSSR count). The van der Waals surface area contributed by atoms with Crippen LogP contribution in [0.4, 0.5) is 4.39 Å². The third-order valence-corrected chi connectivity index (χ3v) is 5.90. The lowest BCUT2D eigenvalue weighted by molar-refractivity contribution is 0.300. The first-order valence-electron chi connectivity index (χ1n) is 6.07. The van der Waals surface area contributed by atoms with Gasteiger partial charge in [-0.1, -0.05) is 0 Å². The molecule has 0 amide bonds. The van der Waals surface area contributed by atoms with E-state index in [0.29, 0.717) is 6.54 Å². The molecule has 1 N–H and O–H groups in total. The van der Waals surface area contributed by atoms with Crippen LogP contribution in [0.3, 0.4) is 0 Å². The van der Waals surface area contributed by atoms with Gasteiger partial charge in [-0.2, -0.15) is 4.31 Å². The normalized spacial score (nSPS) is 20.7. The largest absolute Gasteiger partial charge is 0.315 e. The molecule has 1 aromatic carbocycles. The van der Waals surface area contributed by atoms with E-state index in [1.54, 1.807) is 7.05 Å². The number of hydrogen-bond acceptors (Lipinski definition) is 3. The number of halogens is 2. The Morgan fingerprint density at radius 3 is 2.79 bits per heavy atom. The number of nitrogens with zero attached hydrogens (tertiary/aromatic N) is 1. The minimum atomic E-state index is -3.65. The lowest BCUT2D eigenvalue weighted by Gasteiger charge is -2.30. The maximum Gasteiger partial charge on any atom is 0.243 e. The van der Waals surface area contributed by atoms with Crippen LogP contribution in [0.2, 0.25) is 0 Å². The Morgan fingerprint density at radius 1 is 1.47 bits per heavy atom. The first-order valence-corrected chi connectivity index (χ1v) is 8.30. The molecule has 1 fully saturated rings. The maximum absolute atomic E-state index is 13.5. The van der Waals surface area contributed by atoms with Crippen LogP contribution >= 0.6 is 15.9 Å². The highest BCUT2D eigenvalue weighted by molar-refractivity contribution is 9.10. The zero-order valence-electron chi connectivity index (χ0n) is 10.6. The van der Waals surface area contributed by atoms with Gasteiger partial charge in [0, 0.05) is 19.6 Å². The molecule has 1 unspecified atom stereocenters. The van der Waals surface area contributed by atoms with Crippen LogP contribution in [0.15, 0.2) is 27.6 Å². The molecule has 1 aliphatic heterocycles. The smallest absolute Gasteiger partial charge is 0.243 e. The summed E-state index contributed by atoms with van der Waals surface area (Å²) in [5.74, 6) is -0.573. The second-order valence-electron chi connectivity index (χ2n) is 4.60. The van der Waals surface area contributed by atoms with E-state index in [9.17, 15) is 12.8 Å². The lowest BCUT2D eigenvalue weighted by Crippen LogP contribution is -2.46. The molecule has 1 aliphatic rings. The Hall–Kier alpha value is -0.500. The minimum Gasteiger partial charge on any atom is -0.315 e. The second kappa shape index (κ2) is 5.87. The minimum absolute atomic E-state index is 0.0127. The van der Waals surface area contributed by atoms with Crippen molar-refractivity contribution in [2.45, 2.75) is 23.8 Å². The molecule has 0 radical (unpaired) electrons. The average molecular weight is 351 g/mol. The lowest BCUT2D eigenvalue weighted by atomic mass is 10.1. The predicted octanol–water partition coefficient (Wildman–Crippen LogP) is 1.96. The Morgan fingerprint density at radius 2 is 2.21 bits per heavy atom. The summed E-state index contributed by atoms with van der Waals surface area (Å²) in [6.07, 6.45) is 1.76. The first-order chi connectivity index (χ1) is 8.93. The monoisotopic (exact) mass is 350 g/mol. The highest BCUT2D eigenvalue weighted by Crippen LogP contribution is 2.23. The van der Waals surface area contributed by atoms with Crippen molar-refractivity contribution < 1.29 is 12.8 Å². The third kappa shape index (κ3) is 3.16. The molecule has 1 saturated heterocycles. The first kappa shape index (κ1) is 14.9. The molecule has 0 saturated carbocycles. The molecule has 0 aliphatic carbocycles. The number of hydrogen-bond donors (Lipinski definition) is 1. The standard InChI is InChI=1S/C12H16BrFN2O2S/c1-16(9-3-2-6-15-8-9)19(17,18)10-4-5-11(13)12(14)7-10/h4-5,7,9,15H,2-3,6,8H2,1H3. The van der Waals surface area contributed by atoms with Crippen molar-refractivity contribution in [1.29, 1.82) is 0 Å². The van der Waals surface area contributed by atoms with E-state index in [1.807, 2.05) is 0 Å². The summed E-state index contributed by atoms with van der Waals surface area (Å²) < 4.78 is 39.9. The highest BCUT2D eigenvalue weighted by atomic mass is 79.9. The van der Waals surface area contributed by atoms with Gasteiger partial charge in [0.15, 0.2) is 0 Å². The third-order valence-electron chi connectivity index (χ3n) is 3.35. The number of benzene rings is 1. The van der Waals surface area contributed by atoms with Gasteiger partial charge in [0.2, 0.25) is 10.0 Å². The fourth-order valence-corrected chi connectivity index (χ4v) is 3.79. The van der Waals surface area contributed by atoms with E-state index >= 15 is 0 Å². The van der Waals surface area contributed by atoms with Crippen molar-refractivity contribution in [3.05, 3.63) is 28.5 Å². The van der Waals surface area contributed by atoms with Gasteiger partial charge in [0.1, 0.15) is 5.82 Å². The van der Waals surface area contributed by atoms with Crippen LogP contribution < -0.4 is 5.32 Å². The van der Waals surface area contributed by atoms with Crippen molar-refractivity contribution in [2.24, 2.45) is 0 Å². The fourth-order valence-electron chi connectivity index (χ4n) is 2.14. The molecule has 0 spiro atoms. The van der Waals surface area contributed by atoms with Crippen LogP contribution in [0.1, 0.15) is 12.8 Å². The van der Waals surface area contributed by atoms with Crippen LogP contribution in [0.25, 0.3) is 0 Å². The van der Waals surface area contributed by atoms with Crippen LogP contribution in [0, 0.1) is 5.82 Å². The summed E-state index contributed by atoms with van der Waals surface area (Å²) >= 11 is 3.02. The van der Waals surface area contributed by atoms with E-state index < -0.39 is 15.8 Å². The Bertz CT molecular complexity index is 559. The molecule has 106 valence electrons. The number of rotatable bonds is 3. The number of likely N-dealkylation sites (N-methyl/N-ethyl adjacent to an activating group) is 1. The number of piperidine rings is 1. The predicted molar refractivity (Wildman–Crippen MR) is 74.9 cm³/mol. The van der Waals surface area contributed by atoms with E-state index in [1.165, 1.54) is 16.4 Å². The van der Waals surface area contributed by atoms with Crippen LogP contribution in [-0.2, 0) is 10.0 Å². The molecule has 0 aromatic heterocycles. The Labute approximate surface area is 121 Å². The van der Waals surface area contributed by atoms with Crippen molar-refractivity contribution >= 4 is 26.0 Å². The Balaban J connectivity index is 2.27. The van der Waals surface area contributed by atoms with E-state index in [2.05, 4.69) is 21.2 Å². The van der Waals surface area contributed by atoms with Gasteiger partial charge in [0.05, 0.1) is 9.37 Å². The zero-order valence-corrected chi connectivity index (χ0v) is 13.0. The van der Waals surface area contributed by atoms with Gasteiger partial charge < -0.3 is 5.32 Å². The van der Waals surface area contributed by atoms with Gasteiger partial charge in [-0.3, -0.25) is 0 Å². The van der Waals surface area contributed by atoms with Crippen molar-refractivity contribution in [3.63, 3.8) is 0 Å². The van der Waals surface area contributed by atoms with E-state index in [4.69, 9.17) is 0 Å². The van der Waals surface area contributed by atoms with Gasteiger partial charge in [0.25, 0.3) is 0 Å². The van der Waals surface area contributed by atoms with Gasteiger partial charge in [-0.05, 0) is 53.5 Å². The molecule has 0 bridgehead atoms. The summed E-state index contributed by atoms with van der Waals surface area (Å²) in [4.78, 5) is -0.0127. The quantitative estimate of drug-likeness (QED) is 0.906. The molecular weight excluding hydrogens is 335 g/mol. The average Bonchev–Trinajstić information content (AvgIpc) is 2.41. The molecule has 1 atom stereocenters. The van der Waals surface area contributed by atoms with Crippen molar-refractivity contribution in [3.8, 4) is 0 Å². The maximum atomic E-state index is 13.5. The fraction of sp³-hybridized carbons (Fsp3) is 0.500. The van der Waals surface area contributed by atoms with E-state index in [0.717, 1.165) is 25.5 Å². The summed E-state index contributed by atoms with van der Waals surface area (Å²) in [5.41, 5.74) is 0. The molecule has 1 heterocycles. The van der Waals surface area contributed by atoms with Gasteiger partial charge in [-0.25, -0.2) is 12.8 Å². The number of sulfonamides is 1. The Kier molecular flexibility index (Phi) is 4.60. The molecule has 4 nitrogen and oxygen atoms in total. The SMILES string of the molecule is CN(C1CCCNC1)S(=O)(=O)c1ccc(Br)c(F)c1. The summed E-state index contributed by atoms with van der Waals surface area (Å²) in [7, 11) is -2.10. The van der Waals surface area contributed by atoms with Crippen LogP contribution in [-0.4, -0.2) is 38.9 Å². The van der Waals surface area contributed by atoms with Gasteiger partial charge in [-0.15, -0.1) is 0 Å². The zero-order chi connectivity index (χ0) is 14.0. The van der Waals surface area contributed by atoms with Crippen LogP contribution in [0.5, 0.6) is 0 Å².